The highest BCUT2D eigenvalue weighted by Crippen LogP contribution is 2.20. The number of halogens is 2. The molecule has 1 aliphatic rings. The van der Waals surface area contributed by atoms with Crippen LogP contribution in [-0.4, -0.2) is 59.6 Å². The summed E-state index contributed by atoms with van der Waals surface area (Å²) in [5.74, 6) is 0.518. The third-order valence-electron chi connectivity index (χ3n) is 5.17. The van der Waals surface area contributed by atoms with E-state index in [4.69, 9.17) is 11.6 Å². The lowest BCUT2D eigenvalue weighted by Crippen LogP contribution is -2.48. The minimum absolute atomic E-state index is 0.240. The number of carbonyl (C=O) groups is 1. The summed E-state index contributed by atoms with van der Waals surface area (Å²) in [7, 11) is 0. The van der Waals surface area contributed by atoms with Gasteiger partial charge in [-0.15, -0.1) is 0 Å². The van der Waals surface area contributed by atoms with Crippen LogP contribution in [0, 0.1) is 5.82 Å². The minimum atomic E-state index is -0.242. The quantitative estimate of drug-likeness (QED) is 0.544. The first-order valence-electron chi connectivity index (χ1n) is 10.4. The first kappa shape index (κ1) is 22.4. The largest absolute Gasteiger partial charge is 0.344 e. The zero-order valence-electron chi connectivity index (χ0n) is 17.4. The Balaban J connectivity index is 1.17. The fourth-order valence-corrected chi connectivity index (χ4v) is 4.39. The number of anilines is 2. The second-order valence-corrected chi connectivity index (χ2v) is 8.68. The Kier molecular flexibility index (Phi) is 7.51. The molecule has 1 fully saturated rings. The normalized spacial score (nSPS) is 14.4. The number of urea groups is 1. The van der Waals surface area contributed by atoms with Crippen molar-refractivity contribution >= 4 is 40.0 Å². The van der Waals surface area contributed by atoms with E-state index in [9.17, 15) is 9.18 Å². The molecule has 0 atom stereocenters. The molecule has 10 heteroatoms. The highest BCUT2D eigenvalue weighted by Gasteiger charge is 2.20. The van der Waals surface area contributed by atoms with Gasteiger partial charge in [-0.05, 0) is 35.9 Å². The molecule has 0 unspecified atom stereocenters. The Hall–Kier alpha value is -2.75. The van der Waals surface area contributed by atoms with Gasteiger partial charge in [-0.2, -0.15) is 4.37 Å². The zero-order valence-corrected chi connectivity index (χ0v) is 19.0. The van der Waals surface area contributed by atoms with Gasteiger partial charge in [0.05, 0.1) is 0 Å². The Labute approximate surface area is 195 Å². The van der Waals surface area contributed by atoms with E-state index in [0.717, 1.165) is 49.2 Å². The number of piperazine rings is 1. The van der Waals surface area contributed by atoms with Crippen molar-refractivity contribution in [2.75, 3.05) is 49.5 Å². The van der Waals surface area contributed by atoms with Crippen molar-refractivity contribution in [1.29, 1.82) is 0 Å². The van der Waals surface area contributed by atoms with Crippen molar-refractivity contribution in [2.45, 2.75) is 6.42 Å². The minimum Gasteiger partial charge on any atom is -0.344 e. The molecule has 1 saturated heterocycles. The van der Waals surface area contributed by atoms with E-state index < -0.39 is 0 Å². The molecule has 3 aromatic rings. The maximum Gasteiger partial charge on any atom is 0.319 e. The molecule has 1 aromatic heterocycles. The number of nitrogens with one attached hydrogen (secondary N) is 2. The molecule has 4 rings (SSSR count). The van der Waals surface area contributed by atoms with Crippen LogP contribution in [0.3, 0.4) is 0 Å². The van der Waals surface area contributed by atoms with Crippen LogP contribution < -0.4 is 15.5 Å². The monoisotopic (exact) mass is 474 g/mol. The second-order valence-electron chi connectivity index (χ2n) is 7.52. The van der Waals surface area contributed by atoms with Crippen LogP contribution in [-0.2, 0) is 6.42 Å². The van der Waals surface area contributed by atoms with Gasteiger partial charge in [-0.25, -0.2) is 14.2 Å². The number of nitrogens with zero attached hydrogens (tertiary/aromatic N) is 4. The zero-order chi connectivity index (χ0) is 22.3. The number of rotatable bonds is 7. The van der Waals surface area contributed by atoms with Crippen LogP contribution >= 0.6 is 23.1 Å². The Morgan fingerprint density at radius 2 is 1.91 bits per heavy atom. The number of aromatic nitrogens is 2. The number of hydrogen-bond donors (Lipinski definition) is 2. The topological polar surface area (TPSA) is 73.4 Å². The average Bonchev–Trinajstić information content (AvgIpc) is 3.24. The molecule has 168 valence electrons. The van der Waals surface area contributed by atoms with E-state index in [-0.39, 0.29) is 11.8 Å². The molecule has 2 amide bonds. The molecule has 0 bridgehead atoms. The maximum absolute atomic E-state index is 13.1. The fraction of sp³-hybridized carbons (Fsp3) is 0.318. The molecule has 32 heavy (non-hydrogen) atoms. The maximum atomic E-state index is 13.1. The van der Waals surface area contributed by atoms with Gasteiger partial charge in [-0.1, -0.05) is 29.8 Å². The van der Waals surface area contributed by atoms with Crippen molar-refractivity contribution in [1.82, 2.24) is 19.6 Å². The molecule has 7 nitrogen and oxygen atoms in total. The molecule has 1 aliphatic heterocycles. The highest BCUT2D eigenvalue weighted by atomic mass is 35.5. The second kappa shape index (κ2) is 10.7. The summed E-state index contributed by atoms with van der Waals surface area (Å²) in [6.07, 6.45) is 0.597. The molecule has 0 spiro atoms. The van der Waals surface area contributed by atoms with Gasteiger partial charge in [0, 0.05) is 67.9 Å². The summed E-state index contributed by atoms with van der Waals surface area (Å²) < 4.78 is 17.5. The molecule has 2 heterocycles. The van der Waals surface area contributed by atoms with Gasteiger partial charge in [0.25, 0.3) is 0 Å². The molecule has 0 aliphatic carbocycles. The number of carbonyl (C=O) groups excluding carboxylic acids is 1. The van der Waals surface area contributed by atoms with E-state index >= 15 is 0 Å². The van der Waals surface area contributed by atoms with Crippen LogP contribution in [0.1, 0.15) is 11.4 Å². The van der Waals surface area contributed by atoms with Gasteiger partial charge in [0.1, 0.15) is 11.6 Å². The van der Waals surface area contributed by atoms with Crippen LogP contribution in [0.15, 0.2) is 48.5 Å². The molecule has 2 aromatic carbocycles. The lowest BCUT2D eigenvalue weighted by molar-refractivity contribution is 0.240. The van der Waals surface area contributed by atoms with Crippen molar-refractivity contribution in [2.24, 2.45) is 0 Å². The summed E-state index contributed by atoms with van der Waals surface area (Å²) >= 11 is 7.33. The third-order valence-corrected chi connectivity index (χ3v) is 6.22. The molecule has 0 saturated carbocycles. The van der Waals surface area contributed by atoms with Crippen molar-refractivity contribution in [3.05, 3.63) is 70.8 Å². The van der Waals surface area contributed by atoms with Crippen LogP contribution in [0.4, 0.5) is 20.0 Å². The van der Waals surface area contributed by atoms with Gasteiger partial charge >= 0.3 is 6.03 Å². The standard InChI is InChI=1S/C22H24ClFN6OS/c23-17-2-1-3-19(15-17)26-21(31)25-8-9-29-10-12-30(13-11-29)22-27-20(28-32-22)14-16-4-6-18(24)7-5-16/h1-7,15H,8-14H2,(H2,25,26,31). The first-order valence-corrected chi connectivity index (χ1v) is 11.5. The van der Waals surface area contributed by atoms with E-state index in [0.29, 0.717) is 23.7 Å². The van der Waals surface area contributed by atoms with Gasteiger partial charge in [0.2, 0.25) is 5.13 Å². The lowest BCUT2D eigenvalue weighted by Gasteiger charge is -2.34. The van der Waals surface area contributed by atoms with Gasteiger partial charge in [-0.3, -0.25) is 4.90 Å². The van der Waals surface area contributed by atoms with Crippen molar-refractivity contribution < 1.29 is 9.18 Å². The van der Waals surface area contributed by atoms with Crippen LogP contribution in [0.2, 0.25) is 5.02 Å². The van der Waals surface area contributed by atoms with Gasteiger partial charge in [0.15, 0.2) is 0 Å². The summed E-state index contributed by atoms with van der Waals surface area (Å²) in [4.78, 5) is 21.2. The highest BCUT2D eigenvalue weighted by molar-refractivity contribution is 7.09. The summed E-state index contributed by atoms with van der Waals surface area (Å²) in [6, 6.07) is 13.3. The number of amides is 2. The first-order chi connectivity index (χ1) is 15.5. The van der Waals surface area contributed by atoms with Gasteiger partial charge < -0.3 is 15.5 Å². The SMILES string of the molecule is O=C(NCCN1CCN(c2nc(Cc3ccc(F)cc3)ns2)CC1)Nc1cccc(Cl)c1. The summed E-state index contributed by atoms with van der Waals surface area (Å²) in [5.41, 5.74) is 1.66. The predicted molar refractivity (Wildman–Crippen MR) is 126 cm³/mol. The number of benzene rings is 2. The summed E-state index contributed by atoms with van der Waals surface area (Å²) in [5, 5.41) is 7.16. The van der Waals surface area contributed by atoms with Crippen LogP contribution in [0.5, 0.6) is 0 Å². The Bertz CT molecular complexity index is 1040. The third kappa shape index (κ3) is 6.38. The Morgan fingerprint density at radius 1 is 1.12 bits per heavy atom. The van der Waals surface area contributed by atoms with E-state index in [1.165, 1.54) is 23.7 Å². The summed E-state index contributed by atoms with van der Waals surface area (Å²) in [6.45, 7) is 4.85. The molecular formula is C22H24ClFN6OS. The van der Waals surface area contributed by atoms with E-state index in [1.807, 2.05) is 0 Å². The molecule has 2 N–H and O–H groups in total. The van der Waals surface area contributed by atoms with Crippen LogP contribution in [0.25, 0.3) is 0 Å². The molecule has 0 radical (unpaired) electrons. The van der Waals surface area contributed by atoms with Crippen molar-refractivity contribution in [3.63, 3.8) is 0 Å². The van der Waals surface area contributed by atoms with E-state index in [2.05, 4.69) is 29.8 Å². The van der Waals surface area contributed by atoms with E-state index in [1.54, 1.807) is 36.4 Å². The van der Waals surface area contributed by atoms with Crippen molar-refractivity contribution in [3.8, 4) is 0 Å². The molecular weight excluding hydrogens is 451 g/mol. The lowest BCUT2D eigenvalue weighted by atomic mass is 10.1. The fourth-order valence-electron chi connectivity index (χ4n) is 3.46. The smallest absolute Gasteiger partial charge is 0.319 e. The Morgan fingerprint density at radius 3 is 2.66 bits per heavy atom. The average molecular weight is 475 g/mol. The number of hydrogen-bond acceptors (Lipinski definition) is 6. The predicted octanol–water partition coefficient (Wildman–Crippen LogP) is 3.87.